The van der Waals surface area contributed by atoms with Crippen molar-refractivity contribution in [3.63, 3.8) is 0 Å². The van der Waals surface area contributed by atoms with Gasteiger partial charge in [0.15, 0.2) is 0 Å². The summed E-state index contributed by atoms with van der Waals surface area (Å²) in [5.74, 6) is 0. The molecule has 64 valence electrons. The predicted molar refractivity (Wildman–Crippen MR) is 52.5 cm³/mol. The van der Waals surface area contributed by atoms with Crippen molar-refractivity contribution in [2.45, 2.75) is 13.3 Å². The van der Waals surface area contributed by atoms with Gasteiger partial charge in [-0.05, 0) is 0 Å². The molecule has 1 nitrogen and oxygen atoms in total. The summed E-state index contributed by atoms with van der Waals surface area (Å²) in [4.78, 5) is 0. The Hall–Kier alpha value is -0.591. The van der Waals surface area contributed by atoms with Crippen molar-refractivity contribution in [2.75, 3.05) is 6.61 Å². The average molecular weight is 227 g/mol. The van der Waals surface area contributed by atoms with E-state index in [4.69, 9.17) is 4.74 Å². The minimum atomic E-state index is 0.731. The monoisotopic (exact) mass is 228 g/mol. The molecule has 0 radical (unpaired) electrons. The summed E-state index contributed by atoms with van der Waals surface area (Å²) in [5, 5.41) is 0. The minimum absolute atomic E-state index is 0.731. The van der Waals surface area contributed by atoms with Crippen LogP contribution in [0.2, 0.25) is 0 Å². The molecule has 0 atom stereocenters. The Morgan fingerprint density at radius 3 is 2.58 bits per heavy atom. The van der Waals surface area contributed by atoms with E-state index in [0.717, 1.165) is 17.6 Å². The molecule has 0 aliphatic rings. The maximum atomic E-state index is 5.31. The second-order valence-corrected chi connectivity index (χ2v) is 3.42. The standard InChI is InChI=1S/C10H12OSe/c1-2-11-10(12)8-9-6-4-3-5-7-9/h3-7H,2,8H2,1H3. The van der Waals surface area contributed by atoms with Crippen LogP contribution in [0.1, 0.15) is 12.5 Å². The number of benzene rings is 1. The van der Waals surface area contributed by atoms with Gasteiger partial charge in [-0.3, -0.25) is 0 Å². The molecule has 0 saturated heterocycles. The molecule has 0 N–H and O–H groups in total. The molecule has 0 spiro atoms. The molecule has 0 aliphatic carbocycles. The van der Waals surface area contributed by atoms with Crippen LogP contribution in [0.15, 0.2) is 30.3 Å². The quantitative estimate of drug-likeness (QED) is 0.709. The van der Waals surface area contributed by atoms with Crippen molar-refractivity contribution in [1.82, 2.24) is 0 Å². The van der Waals surface area contributed by atoms with E-state index >= 15 is 0 Å². The molecule has 1 aromatic rings. The van der Waals surface area contributed by atoms with E-state index in [1.165, 1.54) is 5.56 Å². The second kappa shape index (κ2) is 5.13. The van der Waals surface area contributed by atoms with Crippen LogP contribution in [0, 0.1) is 0 Å². The predicted octanol–water partition coefficient (Wildman–Crippen LogP) is 1.56. The first kappa shape index (κ1) is 9.50. The second-order valence-electron chi connectivity index (χ2n) is 2.47. The molecular formula is C10H12OSe. The third-order valence-corrected chi connectivity index (χ3v) is 2.05. The molecular weight excluding hydrogens is 215 g/mol. The summed E-state index contributed by atoms with van der Waals surface area (Å²) in [6.45, 7) is 2.72. The Morgan fingerprint density at radius 2 is 2.00 bits per heavy atom. The van der Waals surface area contributed by atoms with Gasteiger partial charge < -0.3 is 0 Å². The zero-order chi connectivity index (χ0) is 8.81. The molecule has 0 aliphatic heterocycles. The molecule has 0 fully saturated rings. The fourth-order valence-corrected chi connectivity index (χ4v) is 1.57. The van der Waals surface area contributed by atoms with Crippen LogP contribution >= 0.6 is 0 Å². The molecule has 0 aromatic heterocycles. The molecule has 0 saturated carbocycles. The van der Waals surface area contributed by atoms with E-state index < -0.39 is 0 Å². The normalized spacial score (nSPS) is 9.42. The zero-order valence-corrected chi connectivity index (χ0v) is 8.83. The van der Waals surface area contributed by atoms with Gasteiger partial charge in [0.1, 0.15) is 0 Å². The Morgan fingerprint density at radius 1 is 1.33 bits per heavy atom. The number of hydrogen-bond donors (Lipinski definition) is 0. The van der Waals surface area contributed by atoms with E-state index in [1.54, 1.807) is 0 Å². The van der Waals surface area contributed by atoms with Gasteiger partial charge in [-0.1, -0.05) is 0 Å². The summed E-state index contributed by atoms with van der Waals surface area (Å²) in [5.41, 5.74) is 1.28. The Balaban J connectivity index is 2.47. The SMILES string of the molecule is CCOC(=[Se])Cc1ccccc1. The van der Waals surface area contributed by atoms with Crippen LogP contribution in [0.5, 0.6) is 0 Å². The topological polar surface area (TPSA) is 9.23 Å². The molecule has 0 bridgehead atoms. The molecule has 12 heavy (non-hydrogen) atoms. The molecule has 2 heteroatoms. The van der Waals surface area contributed by atoms with Crippen molar-refractivity contribution >= 4 is 20.2 Å². The first-order chi connectivity index (χ1) is 5.83. The van der Waals surface area contributed by atoms with Gasteiger partial charge in [0.25, 0.3) is 0 Å². The van der Waals surface area contributed by atoms with E-state index in [9.17, 15) is 0 Å². The van der Waals surface area contributed by atoms with Crippen LogP contribution in [-0.4, -0.2) is 26.8 Å². The fourth-order valence-electron chi connectivity index (χ4n) is 0.975. The van der Waals surface area contributed by atoms with E-state index in [0.29, 0.717) is 0 Å². The summed E-state index contributed by atoms with van der Waals surface area (Å²) in [7, 11) is 0. The summed E-state index contributed by atoms with van der Waals surface area (Å²) in [6, 6.07) is 10.3. The van der Waals surface area contributed by atoms with Crippen molar-refractivity contribution in [1.29, 1.82) is 0 Å². The van der Waals surface area contributed by atoms with Gasteiger partial charge in [0, 0.05) is 0 Å². The number of rotatable bonds is 4. The number of ether oxygens (including phenoxy) is 1. The zero-order valence-electron chi connectivity index (χ0n) is 7.12. The maximum absolute atomic E-state index is 5.31. The molecule has 0 unspecified atom stereocenters. The van der Waals surface area contributed by atoms with Crippen molar-refractivity contribution in [2.24, 2.45) is 0 Å². The third-order valence-electron chi connectivity index (χ3n) is 1.50. The van der Waals surface area contributed by atoms with Gasteiger partial charge >= 0.3 is 80.8 Å². The summed E-state index contributed by atoms with van der Waals surface area (Å²) >= 11 is 2.92. The Bertz CT molecular complexity index is 243. The van der Waals surface area contributed by atoms with Crippen molar-refractivity contribution in [3.8, 4) is 0 Å². The van der Waals surface area contributed by atoms with Crippen LogP contribution in [0.25, 0.3) is 0 Å². The third kappa shape index (κ3) is 3.20. The average Bonchev–Trinajstić information content (AvgIpc) is 2.06. The first-order valence-corrected chi connectivity index (χ1v) is 4.88. The summed E-state index contributed by atoms with van der Waals surface area (Å²) in [6.07, 6.45) is 0.870. The van der Waals surface area contributed by atoms with Gasteiger partial charge in [0.05, 0.1) is 0 Å². The molecule has 1 rings (SSSR count). The summed E-state index contributed by atoms with van der Waals surface area (Å²) < 4.78 is 6.27. The molecule has 1 aromatic carbocycles. The van der Waals surface area contributed by atoms with Crippen LogP contribution in [0.3, 0.4) is 0 Å². The van der Waals surface area contributed by atoms with Crippen LogP contribution < -0.4 is 0 Å². The molecule has 0 heterocycles. The van der Waals surface area contributed by atoms with Crippen molar-refractivity contribution < 1.29 is 4.74 Å². The van der Waals surface area contributed by atoms with Crippen LogP contribution in [-0.2, 0) is 11.2 Å². The van der Waals surface area contributed by atoms with Gasteiger partial charge in [-0.2, -0.15) is 0 Å². The van der Waals surface area contributed by atoms with E-state index in [-0.39, 0.29) is 0 Å². The van der Waals surface area contributed by atoms with E-state index in [2.05, 4.69) is 27.7 Å². The molecule has 0 amide bonds. The Kier molecular flexibility index (Phi) is 4.06. The van der Waals surface area contributed by atoms with Gasteiger partial charge in [0.2, 0.25) is 0 Å². The fraction of sp³-hybridized carbons (Fsp3) is 0.300. The van der Waals surface area contributed by atoms with Gasteiger partial charge in [-0.25, -0.2) is 0 Å². The van der Waals surface area contributed by atoms with Gasteiger partial charge in [-0.15, -0.1) is 0 Å². The first-order valence-electron chi connectivity index (χ1n) is 4.02. The Labute approximate surface area is 81.1 Å². The number of hydrogen-bond acceptors (Lipinski definition) is 1. The van der Waals surface area contributed by atoms with E-state index in [1.807, 2.05) is 25.1 Å². The van der Waals surface area contributed by atoms with Crippen LogP contribution in [0.4, 0.5) is 0 Å². The van der Waals surface area contributed by atoms with Crippen molar-refractivity contribution in [3.05, 3.63) is 35.9 Å².